The molecule has 0 saturated carbocycles. The molecule has 1 saturated heterocycles. The van der Waals surface area contributed by atoms with E-state index < -0.39 is 4.92 Å². The number of hydrogen-bond acceptors (Lipinski definition) is 5. The zero-order valence-electron chi connectivity index (χ0n) is 11.5. The predicted molar refractivity (Wildman–Crippen MR) is 76.4 cm³/mol. The summed E-state index contributed by atoms with van der Waals surface area (Å²) in [6.07, 6.45) is 2.10. The van der Waals surface area contributed by atoms with Crippen LogP contribution in [-0.2, 0) is 0 Å². The molecule has 0 bridgehead atoms. The molecule has 2 atom stereocenters. The van der Waals surface area contributed by atoms with Gasteiger partial charge in [0.2, 0.25) is 0 Å². The molecule has 1 aromatic rings. The lowest BCUT2D eigenvalue weighted by Crippen LogP contribution is -2.44. The molecule has 0 spiro atoms. The molecule has 20 heavy (non-hydrogen) atoms. The van der Waals surface area contributed by atoms with Crippen molar-refractivity contribution in [2.24, 2.45) is 11.7 Å². The van der Waals surface area contributed by atoms with Crippen LogP contribution in [0.2, 0.25) is 0 Å². The first-order chi connectivity index (χ1) is 9.56. The molecule has 2 rings (SSSR count). The van der Waals surface area contributed by atoms with Gasteiger partial charge in [-0.1, -0.05) is 0 Å². The van der Waals surface area contributed by atoms with Crippen molar-refractivity contribution in [3.05, 3.63) is 33.9 Å². The molecule has 1 fully saturated rings. The predicted octanol–water partition coefficient (Wildman–Crippen LogP) is 2.03. The quantitative estimate of drug-likeness (QED) is 0.672. The fourth-order valence-electron chi connectivity index (χ4n) is 2.69. The van der Waals surface area contributed by atoms with Crippen molar-refractivity contribution in [1.82, 2.24) is 0 Å². The first-order valence-electron chi connectivity index (χ1n) is 6.72. The number of nitrogens with two attached hydrogens (primary N) is 1. The molecular weight excluding hydrogens is 256 g/mol. The third kappa shape index (κ3) is 2.73. The van der Waals surface area contributed by atoms with Crippen LogP contribution >= 0.6 is 0 Å². The van der Waals surface area contributed by atoms with E-state index in [0.717, 1.165) is 25.1 Å². The fraction of sp³-hybridized carbons (Fsp3) is 0.500. The van der Waals surface area contributed by atoms with Crippen molar-refractivity contribution in [2.75, 3.05) is 18.0 Å². The normalized spacial score (nSPS) is 22.4. The fourth-order valence-corrected chi connectivity index (χ4v) is 2.69. The van der Waals surface area contributed by atoms with Crippen molar-refractivity contribution >= 4 is 11.4 Å². The van der Waals surface area contributed by atoms with Crippen molar-refractivity contribution < 1.29 is 4.92 Å². The molecular formula is C14H18N4O2. The minimum Gasteiger partial charge on any atom is -0.367 e. The van der Waals surface area contributed by atoms with Crippen LogP contribution in [0, 0.1) is 27.4 Å². The highest BCUT2D eigenvalue weighted by atomic mass is 16.6. The van der Waals surface area contributed by atoms with Crippen LogP contribution in [0.1, 0.15) is 25.3 Å². The van der Waals surface area contributed by atoms with Crippen LogP contribution in [0.25, 0.3) is 0 Å². The van der Waals surface area contributed by atoms with Crippen LogP contribution in [-0.4, -0.2) is 24.1 Å². The molecule has 6 heteroatoms. The SMILES string of the molecule is CC1CCC(CN)CN1c1ccc([N+](=O)[O-])cc1C#N. The zero-order valence-corrected chi connectivity index (χ0v) is 11.5. The van der Waals surface area contributed by atoms with Crippen LogP contribution in [0.15, 0.2) is 18.2 Å². The van der Waals surface area contributed by atoms with Crippen LogP contribution < -0.4 is 10.6 Å². The Hall–Kier alpha value is -2.13. The first kappa shape index (κ1) is 14.3. The van der Waals surface area contributed by atoms with Crippen LogP contribution in [0.5, 0.6) is 0 Å². The Labute approximate surface area is 117 Å². The Balaban J connectivity index is 2.36. The molecule has 0 amide bonds. The van der Waals surface area contributed by atoms with Crippen LogP contribution in [0.4, 0.5) is 11.4 Å². The Morgan fingerprint density at radius 3 is 2.90 bits per heavy atom. The number of benzene rings is 1. The lowest BCUT2D eigenvalue weighted by Gasteiger charge is -2.39. The van der Waals surface area contributed by atoms with E-state index in [9.17, 15) is 15.4 Å². The number of nitrogens with zero attached hydrogens (tertiary/aromatic N) is 3. The maximum atomic E-state index is 10.8. The van der Waals surface area contributed by atoms with Crippen molar-refractivity contribution in [3.63, 3.8) is 0 Å². The highest BCUT2D eigenvalue weighted by molar-refractivity contribution is 5.63. The largest absolute Gasteiger partial charge is 0.367 e. The highest BCUT2D eigenvalue weighted by Gasteiger charge is 2.27. The Bertz CT molecular complexity index is 553. The Morgan fingerprint density at radius 2 is 2.30 bits per heavy atom. The van der Waals surface area contributed by atoms with Gasteiger partial charge < -0.3 is 10.6 Å². The van der Waals surface area contributed by atoms with Crippen molar-refractivity contribution in [3.8, 4) is 6.07 Å². The molecule has 0 aliphatic carbocycles. The molecule has 1 aromatic carbocycles. The first-order valence-corrected chi connectivity index (χ1v) is 6.72. The lowest BCUT2D eigenvalue weighted by molar-refractivity contribution is -0.384. The molecule has 1 heterocycles. The van der Waals surface area contributed by atoms with E-state index in [2.05, 4.69) is 17.9 Å². The van der Waals surface area contributed by atoms with Gasteiger partial charge in [-0.25, -0.2) is 0 Å². The monoisotopic (exact) mass is 274 g/mol. The minimum atomic E-state index is -0.479. The van der Waals surface area contributed by atoms with Crippen molar-refractivity contribution in [2.45, 2.75) is 25.8 Å². The number of piperidine rings is 1. The van der Waals surface area contributed by atoms with Crippen LogP contribution in [0.3, 0.4) is 0 Å². The smallest absolute Gasteiger partial charge is 0.270 e. The number of rotatable bonds is 3. The maximum Gasteiger partial charge on any atom is 0.270 e. The maximum absolute atomic E-state index is 10.8. The molecule has 2 N–H and O–H groups in total. The van der Waals surface area contributed by atoms with Gasteiger partial charge in [-0.05, 0) is 38.3 Å². The molecule has 6 nitrogen and oxygen atoms in total. The number of non-ortho nitro benzene ring substituents is 1. The second kappa shape index (κ2) is 5.88. The highest BCUT2D eigenvalue weighted by Crippen LogP contribution is 2.31. The molecule has 0 aromatic heterocycles. The lowest BCUT2D eigenvalue weighted by atomic mass is 9.92. The van der Waals surface area contributed by atoms with Gasteiger partial charge in [0.05, 0.1) is 16.2 Å². The molecule has 1 aliphatic rings. The third-order valence-corrected chi connectivity index (χ3v) is 3.93. The summed E-state index contributed by atoms with van der Waals surface area (Å²) in [7, 11) is 0. The average molecular weight is 274 g/mol. The van der Waals surface area contributed by atoms with Gasteiger partial charge in [-0.15, -0.1) is 0 Å². The number of nitro benzene ring substituents is 1. The molecule has 2 unspecified atom stereocenters. The van der Waals surface area contributed by atoms with E-state index in [0.29, 0.717) is 24.1 Å². The number of nitriles is 1. The topological polar surface area (TPSA) is 96.2 Å². The summed E-state index contributed by atoms with van der Waals surface area (Å²) < 4.78 is 0. The van der Waals surface area contributed by atoms with Gasteiger partial charge in [-0.3, -0.25) is 10.1 Å². The Kier molecular flexibility index (Phi) is 4.20. The van der Waals surface area contributed by atoms with Gasteiger partial charge in [0.1, 0.15) is 6.07 Å². The summed E-state index contributed by atoms with van der Waals surface area (Å²) in [5.74, 6) is 0.410. The van der Waals surface area contributed by atoms with Gasteiger partial charge in [0.15, 0.2) is 0 Å². The van der Waals surface area contributed by atoms with Gasteiger partial charge >= 0.3 is 0 Å². The second-order valence-corrected chi connectivity index (χ2v) is 5.25. The molecule has 0 radical (unpaired) electrons. The zero-order chi connectivity index (χ0) is 14.7. The number of anilines is 1. The summed E-state index contributed by atoms with van der Waals surface area (Å²) >= 11 is 0. The summed E-state index contributed by atoms with van der Waals surface area (Å²) in [5, 5.41) is 20.0. The number of nitro groups is 1. The molecule has 106 valence electrons. The standard InChI is InChI=1S/C14H18N4O2/c1-10-2-3-11(7-15)9-17(10)14-5-4-13(18(19)20)6-12(14)8-16/h4-6,10-11H,2-3,7,9,15H2,1H3. The van der Waals surface area contributed by atoms with E-state index in [1.165, 1.54) is 12.1 Å². The average Bonchev–Trinajstić information content (AvgIpc) is 2.47. The Morgan fingerprint density at radius 1 is 1.55 bits per heavy atom. The summed E-state index contributed by atoms with van der Waals surface area (Å²) in [6.45, 7) is 3.53. The summed E-state index contributed by atoms with van der Waals surface area (Å²) in [5.41, 5.74) is 6.81. The summed E-state index contributed by atoms with van der Waals surface area (Å²) in [6, 6.07) is 6.84. The van der Waals surface area contributed by atoms with Gasteiger partial charge in [0.25, 0.3) is 5.69 Å². The number of hydrogen-bond donors (Lipinski definition) is 1. The van der Waals surface area contributed by atoms with Crippen molar-refractivity contribution in [1.29, 1.82) is 5.26 Å². The van der Waals surface area contributed by atoms with E-state index >= 15 is 0 Å². The van der Waals surface area contributed by atoms with E-state index in [1.807, 2.05) is 0 Å². The molecule has 1 aliphatic heterocycles. The van der Waals surface area contributed by atoms with Gasteiger partial charge in [0, 0.05) is 24.7 Å². The second-order valence-electron chi connectivity index (χ2n) is 5.25. The van der Waals surface area contributed by atoms with E-state index in [-0.39, 0.29) is 5.69 Å². The van der Waals surface area contributed by atoms with E-state index in [1.54, 1.807) is 6.07 Å². The van der Waals surface area contributed by atoms with Gasteiger partial charge in [-0.2, -0.15) is 5.26 Å². The van der Waals surface area contributed by atoms with E-state index in [4.69, 9.17) is 5.73 Å². The summed E-state index contributed by atoms with van der Waals surface area (Å²) in [4.78, 5) is 12.4. The minimum absolute atomic E-state index is 0.0506. The third-order valence-electron chi connectivity index (χ3n) is 3.93.